The molecule has 0 aliphatic rings. The minimum absolute atomic E-state index is 0.0631. The van der Waals surface area contributed by atoms with E-state index in [1.54, 1.807) is 6.92 Å². The van der Waals surface area contributed by atoms with Gasteiger partial charge in [0.05, 0.1) is 16.7 Å². The highest BCUT2D eigenvalue weighted by atomic mass is 32.1. The quantitative estimate of drug-likeness (QED) is 0.831. The van der Waals surface area contributed by atoms with Crippen LogP contribution in [0.15, 0.2) is 4.79 Å². The van der Waals surface area contributed by atoms with Crippen LogP contribution in [0.3, 0.4) is 0 Å². The fourth-order valence-corrected chi connectivity index (χ4v) is 3.39. The average Bonchev–Trinajstić information content (AvgIpc) is 2.76. The number of hydrogen-bond donors (Lipinski definition) is 2. The number of carboxylic acid groups (broad SMARTS) is 1. The first-order valence-corrected chi connectivity index (χ1v) is 7.72. The van der Waals surface area contributed by atoms with Gasteiger partial charge in [0.1, 0.15) is 10.7 Å². The molecule has 2 aromatic rings. The molecule has 0 saturated heterocycles. The highest BCUT2D eigenvalue weighted by molar-refractivity contribution is 7.20. The van der Waals surface area contributed by atoms with E-state index in [9.17, 15) is 14.4 Å². The van der Waals surface area contributed by atoms with Crippen molar-refractivity contribution in [3.63, 3.8) is 0 Å². The maximum absolute atomic E-state index is 12.7. The second-order valence-electron chi connectivity index (χ2n) is 4.98. The molecule has 8 heteroatoms. The highest BCUT2D eigenvalue weighted by Crippen LogP contribution is 2.27. The number of primary amides is 1. The van der Waals surface area contributed by atoms with E-state index >= 15 is 0 Å². The van der Waals surface area contributed by atoms with Gasteiger partial charge < -0.3 is 10.8 Å². The van der Waals surface area contributed by atoms with Gasteiger partial charge in [-0.25, -0.2) is 4.98 Å². The molecule has 0 bridgehead atoms. The number of carbonyl (C=O) groups excluding carboxylic acids is 1. The molecule has 0 radical (unpaired) electrons. The summed E-state index contributed by atoms with van der Waals surface area (Å²) in [6.07, 6.45) is 1.18. The molecule has 1 amide bonds. The lowest BCUT2D eigenvalue weighted by Crippen LogP contribution is -2.26. The molecule has 2 aromatic heterocycles. The molecule has 0 unspecified atom stereocenters. The first-order valence-electron chi connectivity index (χ1n) is 6.91. The van der Waals surface area contributed by atoms with Crippen LogP contribution in [0, 0.1) is 6.92 Å². The topological polar surface area (TPSA) is 115 Å². The Morgan fingerprint density at radius 3 is 2.64 bits per heavy atom. The number of hydrogen-bond acceptors (Lipinski definition) is 5. The van der Waals surface area contributed by atoms with Crippen LogP contribution in [0.4, 0.5) is 0 Å². The Morgan fingerprint density at radius 1 is 1.41 bits per heavy atom. The lowest BCUT2D eigenvalue weighted by atomic mass is 10.2. The minimum Gasteiger partial charge on any atom is -0.481 e. The van der Waals surface area contributed by atoms with Gasteiger partial charge in [0.25, 0.3) is 11.5 Å². The van der Waals surface area contributed by atoms with E-state index in [4.69, 9.17) is 10.8 Å². The third-order valence-electron chi connectivity index (χ3n) is 3.38. The summed E-state index contributed by atoms with van der Waals surface area (Å²) in [5, 5.41) is 9.19. The van der Waals surface area contributed by atoms with Gasteiger partial charge in [-0.1, -0.05) is 6.92 Å². The van der Waals surface area contributed by atoms with E-state index in [0.717, 1.165) is 17.8 Å². The number of rotatable bonds is 6. The fraction of sp³-hybridized carbons (Fsp3) is 0.429. The number of nitrogens with two attached hydrogens (primary N) is 1. The monoisotopic (exact) mass is 323 g/mol. The van der Waals surface area contributed by atoms with Crippen LogP contribution >= 0.6 is 11.3 Å². The van der Waals surface area contributed by atoms with Gasteiger partial charge >= 0.3 is 5.97 Å². The molecule has 7 nitrogen and oxygen atoms in total. The van der Waals surface area contributed by atoms with Crippen molar-refractivity contribution in [3.8, 4) is 0 Å². The van der Waals surface area contributed by atoms with Crippen LogP contribution in [0.2, 0.25) is 0 Å². The molecule has 0 fully saturated rings. The number of aliphatic carboxylic acids is 1. The van der Waals surface area contributed by atoms with Crippen LogP contribution in [0.25, 0.3) is 10.2 Å². The van der Waals surface area contributed by atoms with Crippen molar-refractivity contribution in [2.75, 3.05) is 0 Å². The Bertz CT molecular complexity index is 807. The second-order valence-corrected chi connectivity index (χ2v) is 5.98. The normalized spacial score (nSPS) is 11.0. The number of thiophene rings is 1. The van der Waals surface area contributed by atoms with Crippen LogP contribution in [0.1, 0.15) is 40.8 Å². The van der Waals surface area contributed by atoms with Gasteiger partial charge in [-0.2, -0.15) is 0 Å². The van der Waals surface area contributed by atoms with Gasteiger partial charge in [-0.15, -0.1) is 11.3 Å². The molecule has 0 atom stereocenters. The summed E-state index contributed by atoms with van der Waals surface area (Å²) in [4.78, 5) is 40.1. The molecule has 2 rings (SSSR count). The van der Waals surface area contributed by atoms with Crippen molar-refractivity contribution >= 4 is 33.4 Å². The maximum Gasteiger partial charge on any atom is 0.305 e. The Morgan fingerprint density at radius 2 is 2.09 bits per heavy atom. The zero-order chi connectivity index (χ0) is 16.4. The second kappa shape index (κ2) is 6.27. The average molecular weight is 323 g/mol. The number of carboxylic acids is 1. The predicted molar refractivity (Wildman–Crippen MR) is 83.4 cm³/mol. The molecule has 0 spiro atoms. The van der Waals surface area contributed by atoms with Crippen molar-refractivity contribution in [1.82, 2.24) is 9.55 Å². The molecular weight excluding hydrogens is 306 g/mol. The van der Waals surface area contributed by atoms with Gasteiger partial charge in [0.15, 0.2) is 0 Å². The SMILES string of the molecule is CCCc1nc2sc(C(N)=O)c(C)c2c(=O)n1CCC(=O)O. The fourth-order valence-electron chi connectivity index (χ4n) is 2.35. The molecule has 0 aliphatic carbocycles. The molecule has 3 N–H and O–H groups in total. The van der Waals surface area contributed by atoms with Crippen molar-refractivity contribution in [2.24, 2.45) is 5.73 Å². The highest BCUT2D eigenvalue weighted by Gasteiger charge is 2.20. The Balaban J connectivity index is 2.70. The molecule has 0 aliphatic heterocycles. The van der Waals surface area contributed by atoms with Gasteiger partial charge in [0, 0.05) is 13.0 Å². The van der Waals surface area contributed by atoms with E-state index in [-0.39, 0.29) is 18.5 Å². The molecule has 118 valence electrons. The van der Waals surface area contributed by atoms with Gasteiger partial charge in [-0.3, -0.25) is 19.0 Å². The van der Waals surface area contributed by atoms with Crippen molar-refractivity contribution in [2.45, 2.75) is 39.7 Å². The van der Waals surface area contributed by atoms with Crippen molar-refractivity contribution in [3.05, 3.63) is 26.6 Å². The summed E-state index contributed by atoms with van der Waals surface area (Å²) in [6.45, 7) is 3.67. The first kappa shape index (κ1) is 16.2. The number of nitrogens with zero attached hydrogens (tertiary/aromatic N) is 2. The molecule has 2 heterocycles. The predicted octanol–water partition coefficient (Wildman–Crippen LogP) is 1.29. The number of carbonyl (C=O) groups is 2. The standard InChI is InChI=1S/C14H17N3O4S/c1-3-4-8-16-13-10(7(2)11(22-13)12(15)20)14(21)17(8)6-5-9(18)19/h3-6H2,1-2H3,(H2,15,20)(H,18,19). The third kappa shape index (κ3) is 2.87. The van der Waals surface area contributed by atoms with Crippen LogP contribution in [-0.4, -0.2) is 26.5 Å². The van der Waals surface area contributed by atoms with Crippen LogP contribution in [-0.2, 0) is 17.8 Å². The summed E-state index contributed by atoms with van der Waals surface area (Å²) >= 11 is 1.10. The van der Waals surface area contributed by atoms with Crippen molar-refractivity contribution < 1.29 is 14.7 Å². The smallest absolute Gasteiger partial charge is 0.305 e. The number of fused-ring (bicyclic) bond motifs is 1. The van der Waals surface area contributed by atoms with Gasteiger partial charge in [0.2, 0.25) is 0 Å². The third-order valence-corrected chi connectivity index (χ3v) is 4.58. The zero-order valence-corrected chi connectivity index (χ0v) is 13.2. The summed E-state index contributed by atoms with van der Waals surface area (Å²) < 4.78 is 1.39. The lowest BCUT2D eigenvalue weighted by molar-refractivity contribution is -0.137. The van der Waals surface area contributed by atoms with E-state index in [1.807, 2.05) is 6.92 Å². The molecular formula is C14H17N3O4S. The molecule has 22 heavy (non-hydrogen) atoms. The lowest BCUT2D eigenvalue weighted by Gasteiger charge is -2.10. The van der Waals surface area contributed by atoms with E-state index in [0.29, 0.717) is 32.9 Å². The van der Waals surface area contributed by atoms with Crippen molar-refractivity contribution in [1.29, 1.82) is 0 Å². The largest absolute Gasteiger partial charge is 0.481 e. The number of aromatic nitrogens is 2. The Kier molecular flexibility index (Phi) is 4.60. The van der Waals surface area contributed by atoms with Crippen LogP contribution < -0.4 is 11.3 Å². The minimum atomic E-state index is -0.977. The van der Waals surface area contributed by atoms with Crippen LogP contribution in [0.5, 0.6) is 0 Å². The van der Waals surface area contributed by atoms with E-state index < -0.39 is 11.9 Å². The summed E-state index contributed by atoms with van der Waals surface area (Å²) in [5.41, 5.74) is 5.52. The number of amides is 1. The van der Waals surface area contributed by atoms with E-state index in [2.05, 4.69) is 4.98 Å². The summed E-state index contributed by atoms with van der Waals surface area (Å²) in [5.74, 6) is -1.03. The first-order chi connectivity index (χ1) is 10.4. The van der Waals surface area contributed by atoms with E-state index in [1.165, 1.54) is 4.57 Å². The Labute approximate surface area is 130 Å². The number of aryl methyl sites for hydroxylation is 2. The molecule has 0 saturated carbocycles. The molecule has 0 aromatic carbocycles. The maximum atomic E-state index is 12.7. The summed E-state index contributed by atoms with van der Waals surface area (Å²) in [6, 6.07) is 0. The Hall–Kier alpha value is -2.22. The van der Waals surface area contributed by atoms with Gasteiger partial charge in [-0.05, 0) is 18.9 Å². The zero-order valence-electron chi connectivity index (χ0n) is 12.4. The summed E-state index contributed by atoms with van der Waals surface area (Å²) in [7, 11) is 0.